The van der Waals surface area contributed by atoms with Crippen LogP contribution in [0.2, 0.25) is 0 Å². The molecule has 1 aromatic heterocycles. The van der Waals surface area contributed by atoms with E-state index in [2.05, 4.69) is 4.98 Å². The number of aromatic nitrogens is 1. The number of aryl methyl sites for hydroxylation is 1. The molecule has 2 rings (SSSR count). The molecule has 0 saturated heterocycles. The maximum absolute atomic E-state index is 11.6. The summed E-state index contributed by atoms with van der Waals surface area (Å²) >= 11 is 0. The summed E-state index contributed by atoms with van der Waals surface area (Å²) in [5.41, 5.74) is -0.0720. The first-order valence-electron chi connectivity index (χ1n) is 6.49. The zero-order valence-corrected chi connectivity index (χ0v) is 12.7. The highest BCUT2D eigenvalue weighted by Gasteiger charge is 2.27. The van der Waals surface area contributed by atoms with Gasteiger partial charge in [0.05, 0.1) is 19.1 Å². The van der Waals surface area contributed by atoms with Crippen LogP contribution in [0.1, 0.15) is 16.1 Å². The number of hydrogen-bond donors (Lipinski definition) is 1. The number of carbonyl (C=O) groups is 1. The monoisotopic (exact) mass is 318 g/mol. The third-order valence-electron chi connectivity index (χ3n) is 3.30. The van der Waals surface area contributed by atoms with Crippen molar-refractivity contribution >= 4 is 11.7 Å². The van der Waals surface area contributed by atoms with Crippen molar-refractivity contribution in [2.45, 2.75) is 6.92 Å². The maximum Gasteiger partial charge on any atom is 0.343 e. The van der Waals surface area contributed by atoms with Crippen molar-refractivity contribution in [1.29, 1.82) is 0 Å². The first kappa shape index (κ1) is 16.2. The average molecular weight is 318 g/mol. The summed E-state index contributed by atoms with van der Waals surface area (Å²) in [6, 6.07) is 4.76. The summed E-state index contributed by atoms with van der Waals surface area (Å²) in [5, 5.41) is 20.6. The van der Waals surface area contributed by atoms with E-state index in [9.17, 15) is 20.0 Å². The molecule has 23 heavy (non-hydrogen) atoms. The van der Waals surface area contributed by atoms with Crippen molar-refractivity contribution in [3.63, 3.8) is 0 Å². The maximum atomic E-state index is 11.6. The second kappa shape index (κ2) is 6.30. The summed E-state index contributed by atoms with van der Waals surface area (Å²) in [5.74, 6) is -0.540. The minimum absolute atomic E-state index is 0.156. The molecule has 0 aliphatic carbocycles. The predicted octanol–water partition coefficient (Wildman–Crippen LogP) is 2.68. The molecule has 0 saturated carbocycles. The van der Waals surface area contributed by atoms with Gasteiger partial charge >= 0.3 is 11.7 Å². The van der Waals surface area contributed by atoms with Gasteiger partial charge in [-0.3, -0.25) is 15.1 Å². The fourth-order valence-corrected chi connectivity index (χ4v) is 2.26. The van der Waals surface area contributed by atoms with Gasteiger partial charge < -0.3 is 14.6 Å². The summed E-state index contributed by atoms with van der Waals surface area (Å²) in [6.45, 7) is 1.58. The van der Waals surface area contributed by atoms with E-state index >= 15 is 0 Å². The van der Waals surface area contributed by atoms with Crippen molar-refractivity contribution in [3.8, 4) is 22.6 Å². The standard InChI is InChI=1S/C15H14N2O6/c1-8-13(9-4-10(22-2)6-11(5-9)23-3)14(15(18)19)12(7-16-8)17(20)21/h4-7H,1-3H3,(H,18,19). The van der Waals surface area contributed by atoms with Crippen LogP contribution in [-0.2, 0) is 0 Å². The number of carboxylic acid groups (broad SMARTS) is 1. The van der Waals surface area contributed by atoms with Gasteiger partial charge in [-0.2, -0.15) is 0 Å². The molecule has 2 aromatic rings. The Hall–Kier alpha value is -3.16. The fraction of sp³-hybridized carbons (Fsp3) is 0.200. The molecular weight excluding hydrogens is 304 g/mol. The van der Waals surface area contributed by atoms with Gasteiger partial charge in [-0.05, 0) is 24.6 Å². The molecule has 0 aliphatic rings. The molecule has 0 aliphatic heterocycles. The third-order valence-corrected chi connectivity index (χ3v) is 3.30. The Labute approximate surface area is 131 Å². The van der Waals surface area contributed by atoms with Crippen molar-refractivity contribution in [2.24, 2.45) is 0 Å². The van der Waals surface area contributed by atoms with Crippen LogP contribution >= 0.6 is 0 Å². The van der Waals surface area contributed by atoms with Crippen LogP contribution in [0.5, 0.6) is 11.5 Å². The Morgan fingerprint density at radius 3 is 2.22 bits per heavy atom. The topological polar surface area (TPSA) is 112 Å². The molecule has 0 spiro atoms. The van der Waals surface area contributed by atoms with E-state index in [0.717, 1.165) is 6.20 Å². The number of benzene rings is 1. The molecule has 1 aromatic carbocycles. The van der Waals surface area contributed by atoms with Gasteiger partial charge in [-0.15, -0.1) is 0 Å². The molecule has 0 bridgehead atoms. The minimum atomic E-state index is -1.40. The van der Waals surface area contributed by atoms with Gasteiger partial charge in [0.25, 0.3) is 0 Å². The quantitative estimate of drug-likeness (QED) is 0.666. The van der Waals surface area contributed by atoms with E-state index in [1.54, 1.807) is 25.1 Å². The Morgan fingerprint density at radius 1 is 1.22 bits per heavy atom. The predicted molar refractivity (Wildman–Crippen MR) is 81.1 cm³/mol. The molecule has 0 unspecified atom stereocenters. The lowest BCUT2D eigenvalue weighted by molar-refractivity contribution is -0.385. The van der Waals surface area contributed by atoms with Crippen LogP contribution in [-0.4, -0.2) is 35.2 Å². The van der Waals surface area contributed by atoms with E-state index in [0.29, 0.717) is 22.8 Å². The molecule has 0 radical (unpaired) electrons. The smallest absolute Gasteiger partial charge is 0.343 e. The van der Waals surface area contributed by atoms with Crippen LogP contribution in [0.4, 0.5) is 5.69 Å². The van der Waals surface area contributed by atoms with Crippen LogP contribution in [0, 0.1) is 17.0 Å². The molecule has 0 atom stereocenters. The molecule has 1 N–H and O–H groups in total. The number of hydrogen-bond acceptors (Lipinski definition) is 6. The number of ether oxygens (including phenoxy) is 2. The lowest BCUT2D eigenvalue weighted by atomic mass is 9.97. The van der Waals surface area contributed by atoms with Crippen LogP contribution in [0.3, 0.4) is 0 Å². The first-order chi connectivity index (χ1) is 10.9. The highest BCUT2D eigenvalue weighted by atomic mass is 16.6. The molecule has 8 nitrogen and oxygen atoms in total. The van der Waals surface area contributed by atoms with Gasteiger partial charge in [-0.25, -0.2) is 4.79 Å². The molecular formula is C15H14N2O6. The first-order valence-corrected chi connectivity index (χ1v) is 6.49. The highest BCUT2D eigenvalue weighted by molar-refractivity contribution is 6.00. The second-order valence-corrected chi connectivity index (χ2v) is 4.64. The Morgan fingerprint density at radius 2 is 1.78 bits per heavy atom. The lowest BCUT2D eigenvalue weighted by Gasteiger charge is -2.12. The Balaban J connectivity index is 2.84. The van der Waals surface area contributed by atoms with E-state index < -0.39 is 22.1 Å². The number of nitrogens with zero attached hydrogens (tertiary/aromatic N) is 2. The fourth-order valence-electron chi connectivity index (χ4n) is 2.26. The van der Waals surface area contributed by atoms with Gasteiger partial charge in [0.2, 0.25) is 0 Å². The minimum Gasteiger partial charge on any atom is -0.497 e. The number of methoxy groups -OCH3 is 2. The summed E-state index contributed by atoms with van der Waals surface area (Å²) in [7, 11) is 2.91. The normalized spacial score (nSPS) is 10.2. The van der Waals surface area contributed by atoms with Crippen LogP contribution in [0.25, 0.3) is 11.1 Å². The Kier molecular flexibility index (Phi) is 4.44. The zero-order valence-electron chi connectivity index (χ0n) is 12.7. The molecule has 0 fully saturated rings. The Bertz CT molecular complexity index is 766. The van der Waals surface area contributed by atoms with Crippen LogP contribution < -0.4 is 9.47 Å². The third kappa shape index (κ3) is 3.05. The van der Waals surface area contributed by atoms with Crippen molar-refractivity contribution in [1.82, 2.24) is 4.98 Å². The SMILES string of the molecule is COc1cc(OC)cc(-c2c(C)ncc([N+](=O)[O-])c2C(=O)O)c1. The summed E-state index contributed by atoms with van der Waals surface area (Å²) in [4.78, 5) is 25.9. The summed E-state index contributed by atoms with van der Waals surface area (Å²) < 4.78 is 10.3. The van der Waals surface area contributed by atoms with E-state index in [-0.39, 0.29) is 5.56 Å². The lowest BCUT2D eigenvalue weighted by Crippen LogP contribution is -2.08. The van der Waals surface area contributed by atoms with Gasteiger partial charge in [0.1, 0.15) is 23.3 Å². The largest absolute Gasteiger partial charge is 0.497 e. The van der Waals surface area contributed by atoms with Crippen molar-refractivity contribution in [2.75, 3.05) is 14.2 Å². The van der Waals surface area contributed by atoms with E-state index in [4.69, 9.17) is 9.47 Å². The average Bonchev–Trinajstić information content (AvgIpc) is 2.53. The van der Waals surface area contributed by atoms with E-state index in [1.165, 1.54) is 14.2 Å². The summed E-state index contributed by atoms with van der Waals surface area (Å²) in [6.07, 6.45) is 0.944. The number of aromatic carboxylic acids is 1. The van der Waals surface area contributed by atoms with Gasteiger partial charge in [0.15, 0.2) is 0 Å². The van der Waals surface area contributed by atoms with Crippen LogP contribution in [0.15, 0.2) is 24.4 Å². The van der Waals surface area contributed by atoms with Crippen molar-refractivity contribution < 1.29 is 24.3 Å². The number of rotatable bonds is 5. The van der Waals surface area contributed by atoms with Gasteiger partial charge in [0, 0.05) is 17.3 Å². The van der Waals surface area contributed by atoms with Crippen molar-refractivity contribution in [3.05, 3.63) is 45.8 Å². The number of carboxylic acids is 1. The highest BCUT2D eigenvalue weighted by Crippen LogP contribution is 2.36. The molecule has 0 amide bonds. The number of pyridine rings is 1. The zero-order chi connectivity index (χ0) is 17.1. The van der Waals surface area contributed by atoms with E-state index in [1.807, 2.05) is 0 Å². The molecule has 120 valence electrons. The molecule has 1 heterocycles. The second-order valence-electron chi connectivity index (χ2n) is 4.64. The number of nitro groups is 1. The van der Waals surface area contributed by atoms with Gasteiger partial charge in [-0.1, -0.05) is 0 Å². The molecule has 8 heteroatoms.